The molecule has 0 aliphatic heterocycles. The molecule has 0 radical (unpaired) electrons. The van der Waals surface area contributed by atoms with Gasteiger partial charge in [0.15, 0.2) is 0 Å². The van der Waals surface area contributed by atoms with Crippen LogP contribution in [0.4, 0.5) is 8.78 Å². The Hall–Kier alpha value is 0.0400. The lowest BCUT2D eigenvalue weighted by Crippen LogP contribution is -1.99. The number of hydrogen-bond acceptors (Lipinski definition) is 0. The van der Waals surface area contributed by atoms with E-state index in [2.05, 4.69) is 45.7 Å². The van der Waals surface area contributed by atoms with Gasteiger partial charge in [-0.2, -0.15) is 0 Å². The summed E-state index contributed by atoms with van der Waals surface area (Å²) < 4.78 is 27.0. The quantitative estimate of drug-likeness (QED) is 0.487. The Morgan fingerprint density at radius 2 is 1.75 bits per heavy atom. The fraction of sp³-hybridized carbons (Fsp3) is 0.500. The Morgan fingerprint density at radius 3 is 2.31 bits per heavy atom. The van der Waals surface area contributed by atoms with Crippen LogP contribution in [0.15, 0.2) is 16.6 Å². The second-order valence-corrected chi connectivity index (χ2v) is 6.19. The van der Waals surface area contributed by atoms with Gasteiger partial charge in [0.2, 0.25) is 0 Å². The molecule has 1 aromatic carbocycles. The molecule has 1 unspecified atom stereocenters. The first-order valence-corrected chi connectivity index (χ1v) is 6.91. The molecule has 0 aromatic heterocycles. The van der Waals surface area contributed by atoms with Gasteiger partial charge >= 0.3 is 0 Å². The molecule has 0 saturated carbocycles. The van der Waals surface area contributed by atoms with E-state index in [1.54, 1.807) is 0 Å². The molecule has 0 N–H and O–H groups in total. The van der Waals surface area contributed by atoms with Crippen LogP contribution in [0.3, 0.4) is 0 Å². The van der Waals surface area contributed by atoms with Crippen LogP contribution in [0, 0.1) is 17.6 Å². The van der Waals surface area contributed by atoms with E-state index >= 15 is 0 Å². The zero-order valence-electron chi connectivity index (χ0n) is 9.24. The Labute approximate surface area is 112 Å². The summed E-state index contributed by atoms with van der Waals surface area (Å²) in [5.74, 6) is -0.243. The van der Waals surface area contributed by atoms with Crippen molar-refractivity contribution >= 4 is 31.9 Å². The second-order valence-electron chi connectivity index (χ2n) is 4.23. The minimum Gasteiger partial charge on any atom is -0.207 e. The van der Waals surface area contributed by atoms with Crippen molar-refractivity contribution in [2.24, 2.45) is 5.92 Å². The van der Waals surface area contributed by atoms with Crippen LogP contribution < -0.4 is 0 Å². The van der Waals surface area contributed by atoms with Crippen molar-refractivity contribution < 1.29 is 8.78 Å². The van der Waals surface area contributed by atoms with Crippen LogP contribution >= 0.6 is 31.9 Å². The summed E-state index contributed by atoms with van der Waals surface area (Å²) in [6.07, 6.45) is 1.78. The van der Waals surface area contributed by atoms with Gasteiger partial charge in [0, 0.05) is 10.4 Å². The van der Waals surface area contributed by atoms with Gasteiger partial charge in [-0.3, -0.25) is 0 Å². The van der Waals surface area contributed by atoms with E-state index in [0.717, 1.165) is 12.8 Å². The van der Waals surface area contributed by atoms with Gasteiger partial charge in [0.25, 0.3) is 0 Å². The van der Waals surface area contributed by atoms with Crippen LogP contribution in [0.25, 0.3) is 0 Å². The molecular weight excluding hydrogens is 342 g/mol. The lowest BCUT2D eigenvalue weighted by atomic mass is 10.0. The summed E-state index contributed by atoms with van der Waals surface area (Å²) >= 11 is 6.36. The lowest BCUT2D eigenvalue weighted by molar-refractivity contribution is 0.535. The number of benzene rings is 1. The fourth-order valence-corrected chi connectivity index (χ4v) is 2.34. The molecule has 0 spiro atoms. The molecular formula is C12H14Br2F2. The van der Waals surface area contributed by atoms with E-state index < -0.39 is 5.82 Å². The summed E-state index contributed by atoms with van der Waals surface area (Å²) in [5, 5.41) is 0. The van der Waals surface area contributed by atoms with Crippen molar-refractivity contribution in [1.29, 1.82) is 0 Å². The fourth-order valence-electron chi connectivity index (χ4n) is 1.41. The zero-order chi connectivity index (χ0) is 12.3. The Bertz CT molecular complexity index is 364. The highest BCUT2D eigenvalue weighted by molar-refractivity contribution is 9.10. The molecule has 90 valence electrons. The number of alkyl halides is 1. The Kier molecular flexibility index (Phi) is 5.38. The van der Waals surface area contributed by atoms with Crippen LogP contribution in [-0.2, 0) is 0 Å². The summed E-state index contributed by atoms with van der Waals surface area (Å²) in [7, 11) is 0. The van der Waals surface area contributed by atoms with Gasteiger partial charge in [0.1, 0.15) is 11.6 Å². The maximum Gasteiger partial charge on any atom is 0.137 e. The summed E-state index contributed by atoms with van der Waals surface area (Å²) in [5.41, 5.74) is 0.390. The van der Waals surface area contributed by atoms with Gasteiger partial charge in [-0.15, -0.1) is 0 Å². The molecule has 1 atom stereocenters. The maximum atomic E-state index is 13.6. The highest BCUT2D eigenvalue weighted by Gasteiger charge is 2.15. The predicted molar refractivity (Wildman–Crippen MR) is 69.8 cm³/mol. The molecule has 16 heavy (non-hydrogen) atoms. The standard InChI is InChI=1S/C12H14Br2F2/c1-7(2)3-4-9(13)8-5-12(16)10(14)6-11(8)15/h5-7,9H,3-4H2,1-2H3. The van der Waals surface area contributed by atoms with E-state index in [9.17, 15) is 8.78 Å². The zero-order valence-corrected chi connectivity index (χ0v) is 12.4. The Morgan fingerprint density at radius 1 is 1.12 bits per heavy atom. The number of rotatable bonds is 4. The van der Waals surface area contributed by atoms with Crippen LogP contribution in [0.1, 0.15) is 37.1 Å². The third kappa shape index (κ3) is 3.81. The molecule has 0 saturated heterocycles. The van der Waals surface area contributed by atoms with Crippen LogP contribution in [-0.4, -0.2) is 0 Å². The van der Waals surface area contributed by atoms with Crippen LogP contribution in [0.5, 0.6) is 0 Å². The number of halogens is 4. The van der Waals surface area contributed by atoms with Crippen molar-refractivity contribution in [1.82, 2.24) is 0 Å². The maximum absolute atomic E-state index is 13.6. The summed E-state index contributed by atoms with van der Waals surface area (Å²) in [4.78, 5) is -0.127. The van der Waals surface area contributed by atoms with Crippen molar-refractivity contribution in [2.75, 3.05) is 0 Å². The van der Waals surface area contributed by atoms with Crippen molar-refractivity contribution in [3.05, 3.63) is 33.8 Å². The number of hydrogen-bond donors (Lipinski definition) is 0. The Balaban J connectivity index is 2.82. The van der Waals surface area contributed by atoms with Gasteiger partial charge < -0.3 is 0 Å². The molecule has 0 heterocycles. The van der Waals surface area contributed by atoms with E-state index in [0.29, 0.717) is 11.5 Å². The van der Waals surface area contributed by atoms with E-state index in [1.165, 1.54) is 12.1 Å². The minimum atomic E-state index is -0.426. The average Bonchev–Trinajstić information content (AvgIpc) is 2.20. The molecule has 1 rings (SSSR count). The molecule has 0 aliphatic carbocycles. The van der Waals surface area contributed by atoms with Gasteiger partial charge in [-0.1, -0.05) is 29.8 Å². The van der Waals surface area contributed by atoms with Crippen molar-refractivity contribution in [2.45, 2.75) is 31.5 Å². The average molecular weight is 356 g/mol. The highest BCUT2D eigenvalue weighted by atomic mass is 79.9. The molecule has 0 amide bonds. The van der Waals surface area contributed by atoms with Crippen LogP contribution in [0.2, 0.25) is 0 Å². The van der Waals surface area contributed by atoms with Gasteiger partial charge in [0.05, 0.1) is 4.47 Å². The first-order chi connectivity index (χ1) is 7.41. The van der Waals surface area contributed by atoms with Gasteiger partial charge in [-0.25, -0.2) is 8.78 Å². The van der Waals surface area contributed by atoms with Gasteiger partial charge in [-0.05, 0) is 46.8 Å². The monoisotopic (exact) mass is 354 g/mol. The van der Waals surface area contributed by atoms with Crippen molar-refractivity contribution in [3.63, 3.8) is 0 Å². The molecule has 0 fully saturated rings. The summed E-state index contributed by atoms with van der Waals surface area (Å²) in [6, 6.07) is 2.42. The normalized spacial score (nSPS) is 13.2. The highest BCUT2D eigenvalue weighted by Crippen LogP contribution is 2.33. The first-order valence-electron chi connectivity index (χ1n) is 5.20. The third-order valence-corrected chi connectivity index (χ3v) is 3.93. The van der Waals surface area contributed by atoms with E-state index in [1.807, 2.05) is 0 Å². The smallest absolute Gasteiger partial charge is 0.137 e. The first kappa shape index (κ1) is 14.1. The topological polar surface area (TPSA) is 0 Å². The molecule has 0 aliphatic rings. The molecule has 0 nitrogen and oxygen atoms in total. The van der Waals surface area contributed by atoms with Crippen molar-refractivity contribution in [3.8, 4) is 0 Å². The summed E-state index contributed by atoms with van der Waals surface area (Å²) in [6.45, 7) is 4.22. The molecule has 4 heteroatoms. The third-order valence-electron chi connectivity index (χ3n) is 2.37. The van der Waals surface area contributed by atoms with E-state index in [4.69, 9.17) is 0 Å². The largest absolute Gasteiger partial charge is 0.207 e. The SMILES string of the molecule is CC(C)CCC(Br)c1cc(F)c(Br)cc1F. The minimum absolute atomic E-state index is 0.127. The predicted octanol–water partition coefficient (Wildman–Crippen LogP) is 5.60. The lowest BCUT2D eigenvalue weighted by Gasteiger charge is -2.13. The molecule has 0 bridgehead atoms. The second kappa shape index (κ2) is 6.10. The molecule has 1 aromatic rings. The van der Waals surface area contributed by atoms with E-state index in [-0.39, 0.29) is 15.1 Å².